The Balaban J connectivity index is 1.46. The number of carboxylic acid groups (broad SMARTS) is 2. The van der Waals surface area contributed by atoms with Crippen molar-refractivity contribution >= 4 is 47.2 Å². The molecule has 49 heavy (non-hydrogen) atoms. The van der Waals surface area contributed by atoms with Crippen LogP contribution >= 0.6 is 0 Å². The van der Waals surface area contributed by atoms with Crippen molar-refractivity contribution in [3.8, 4) is 11.1 Å². The summed E-state index contributed by atoms with van der Waals surface area (Å²) in [5, 5.41) is 24.6. The van der Waals surface area contributed by atoms with Gasteiger partial charge in [-0.05, 0) is 34.2 Å². The van der Waals surface area contributed by atoms with Crippen LogP contribution in [0.4, 0.5) is 4.79 Å². The molecule has 3 amide bonds. The molecule has 254 valence electrons. The largest absolute Gasteiger partial charge is 0.476 e. The molecular weight excluding hydrogens is 638 g/mol. The first-order valence-corrected chi connectivity index (χ1v) is 15.2. The minimum absolute atomic E-state index is 0.0313. The van der Waals surface area contributed by atoms with E-state index in [-0.39, 0.29) is 18.9 Å². The molecule has 2 atom stereocenters. The minimum Gasteiger partial charge on any atom is -0.476 e. The van der Waals surface area contributed by atoms with Gasteiger partial charge >= 0.3 is 18.0 Å². The van der Waals surface area contributed by atoms with Crippen LogP contribution in [0.1, 0.15) is 41.9 Å². The Labute approximate surface area is 279 Å². The number of ketones is 3. The Morgan fingerprint density at radius 1 is 0.673 bits per heavy atom. The Morgan fingerprint density at radius 3 is 1.84 bits per heavy atom. The van der Waals surface area contributed by atoms with Crippen LogP contribution in [-0.2, 0) is 44.7 Å². The van der Waals surface area contributed by atoms with E-state index < -0.39 is 85.1 Å². The van der Waals surface area contributed by atoms with E-state index in [4.69, 9.17) is 14.9 Å². The lowest BCUT2D eigenvalue weighted by atomic mass is 9.98. The molecule has 3 aromatic rings. The number of aliphatic carboxylic acids is 2. The van der Waals surface area contributed by atoms with Gasteiger partial charge in [-0.2, -0.15) is 0 Å². The lowest BCUT2D eigenvalue weighted by Crippen LogP contribution is -2.52. The number of hydrogen-bond acceptors (Lipinski definition) is 9. The standard InChI is InChI=1S/C35H33N3O11/c39-28(14-15-29(40)33(44)45)26(16-20-8-2-1-3-9-20)37-31(42)17-27(32(43)36-18-30(41)34(46)47)38-35(48)49-19-25-23-12-6-4-10-21(23)22-11-5-7-13-24(22)25/h1-13,25-27H,14-19H2,(H,36,43)(H,37,42)(H,38,48)(H,44,45)(H,46,47)/t26-,27-/m0/s1. The summed E-state index contributed by atoms with van der Waals surface area (Å²) in [5.41, 5.74) is 4.45. The topological polar surface area (TPSA) is 222 Å². The van der Waals surface area contributed by atoms with E-state index in [1.54, 1.807) is 30.3 Å². The summed E-state index contributed by atoms with van der Waals surface area (Å²) < 4.78 is 5.48. The van der Waals surface area contributed by atoms with Gasteiger partial charge in [0.15, 0.2) is 5.78 Å². The van der Waals surface area contributed by atoms with Crippen molar-refractivity contribution in [2.45, 2.75) is 43.7 Å². The van der Waals surface area contributed by atoms with Gasteiger partial charge in [-0.25, -0.2) is 14.4 Å². The highest BCUT2D eigenvalue weighted by Crippen LogP contribution is 2.44. The number of ether oxygens (including phenoxy) is 1. The van der Waals surface area contributed by atoms with E-state index in [2.05, 4.69) is 16.0 Å². The van der Waals surface area contributed by atoms with E-state index in [1.165, 1.54) is 0 Å². The molecular formula is C35H33N3O11. The highest BCUT2D eigenvalue weighted by molar-refractivity contribution is 6.34. The molecule has 14 nitrogen and oxygen atoms in total. The third kappa shape index (κ3) is 9.67. The van der Waals surface area contributed by atoms with E-state index in [0.717, 1.165) is 22.3 Å². The number of benzene rings is 3. The highest BCUT2D eigenvalue weighted by Gasteiger charge is 2.32. The lowest BCUT2D eigenvalue weighted by molar-refractivity contribution is -0.149. The number of amides is 3. The van der Waals surface area contributed by atoms with Crippen molar-refractivity contribution in [3.63, 3.8) is 0 Å². The van der Waals surface area contributed by atoms with Gasteiger partial charge in [0.2, 0.25) is 17.6 Å². The number of rotatable bonds is 17. The molecule has 0 saturated heterocycles. The monoisotopic (exact) mass is 671 g/mol. The number of nitrogens with one attached hydrogen (secondary N) is 3. The van der Waals surface area contributed by atoms with Crippen LogP contribution in [-0.4, -0.2) is 82.6 Å². The lowest BCUT2D eigenvalue weighted by Gasteiger charge is -2.22. The number of hydrogen-bond donors (Lipinski definition) is 5. The van der Waals surface area contributed by atoms with Crippen LogP contribution in [0, 0.1) is 0 Å². The summed E-state index contributed by atoms with van der Waals surface area (Å²) in [4.78, 5) is 97.3. The maximum Gasteiger partial charge on any atom is 0.407 e. The first kappa shape index (κ1) is 35.7. The van der Waals surface area contributed by atoms with Gasteiger partial charge in [0.05, 0.1) is 19.0 Å². The number of carbonyl (C=O) groups excluding carboxylic acids is 6. The second-order valence-electron chi connectivity index (χ2n) is 11.2. The quantitative estimate of drug-likeness (QED) is 0.130. The average Bonchev–Trinajstić information content (AvgIpc) is 3.41. The summed E-state index contributed by atoms with van der Waals surface area (Å²) in [6, 6.07) is 20.8. The molecule has 0 heterocycles. The minimum atomic E-state index is -1.80. The zero-order chi connectivity index (χ0) is 35.5. The summed E-state index contributed by atoms with van der Waals surface area (Å²) in [6.07, 6.45) is -2.95. The van der Waals surface area contributed by atoms with Crippen molar-refractivity contribution < 1.29 is 53.3 Å². The van der Waals surface area contributed by atoms with E-state index >= 15 is 0 Å². The Morgan fingerprint density at radius 2 is 1.24 bits per heavy atom. The van der Waals surface area contributed by atoms with Crippen LogP contribution in [0.3, 0.4) is 0 Å². The maximum absolute atomic E-state index is 13.2. The van der Waals surface area contributed by atoms with Gasteiger partial charge in [-0.3, -0.25) is 24.0 Å². The molecule has 1 aliphatic rings. The van der Waals surface area contributed by atoms with Crippen molar-refractivity contribution in [3.05, 3.63) is 95.6 Å². The second-order valence-corrected chi connectivity index (χ2v) is 11.2. The van der Waals surface area contributed by atoms with Gasteiger partial charge in [-0.15, -0.1) is 0 Å². The molecule has 5 N–H and O–H groups in total. The van der Waals surface area contributed by atoms with Gasteiger partial charge < -0.3 is 30.9 Å². The third-order valence-corrected chi connectivity index (χ3v) is 7.85. The van der Waals surface area contributed by atoms with Gasteiger partial charge in [-0.1, -0.05) is 78.9 Å². The van der Waals surface area contributed by atoms with Crippen LogP contribution in [0.5, 0.6) is 0 Å². The first-order valence-electron chi connectivity index (χ1n) is 15.2. The molecule has 0 unspecified atom stereocenters. The first-order chi connectivity index (χ1) is 23.4. The number of fused-ring (bicyclic) bond motifs is 3. The predicted octanol–water partition coefficient (Wildman–Crippen LogP) is 1.78. The zero-order valence-electron chi connectivity index (χ0n) is 26.0. The maximum atomic E-state index is 13.2. The van der Waals surface area contributed by atoms with E-state index in [0.29, 0.717) is 5.56 Å². The molecule has 0 spiro atoms. The van der Waals surface area contributed by atoms with Crippen LogP contribution in [0.2, 0.25) is 0 Å². The molecule has 1 aliphatic carbocycles. The van der Waals surface area contributed by atoms with E-state index in [1.807, 2.05) is 48.5 Å². The summed E-state index contributed by atoms with van der Waals surface area (Å²) >= 11 is 0. The van der Waals surface area contributed by atoms with E-state index in [9.17, 15) is 38.4 Å². The average molecular weight is 672 g/mol. The Bertz CT molecular complexity index is 1730. The molecule has 0 radical (unpaired) electrons. The molecule has 3 aromatic carbocycles. The summed E-state index contributed by atoms with van der Waals surface area (Å²) in [7, 11) is 0. The molecule has 0 bridgehead atoms. The van der Waals surface area contributed by atoms with Crippen molar-refractivity contribution in [1.82, 2.24) is 16.0 Å². The Hall–Kier alpha value is -6.18. The number of alkyl carbamates (subject to hydrolysis) is 1. The fraction of sp³-hybridized carbons (Fsp3) is 0.257. The molecule has 4 rings (SSSR count). The number of carboxylic acids is 2. The summed E-state index contributed by atoms with van der Waals surface area (Å²) in [6.45, 7) is -1.05. The van der Waals surface area contributed by atoms with Crippen molar-refractivity contribution in [2.24, 2.45) is 0 Å². The van der Waals surface area contributed by atoms with Gasteiger partial charge in [0.1, 0.15) is 12.6 Å². The third-order valence-electron chi connectivity index (χ3n) is 7.85. The fourth-order valence-corrected chi connectivity index (χ4v) is 5.41. The number of Topliss-reactive ketones (excluding diaryl/α,β-unsaturated/α-hetero) is 3. The van der Waals surface area contributed by atoms with Crippen LogP contribution < -0.4 is 16.0 Å². The molecule has 14 heteroatoms. The smallest absolute Gasteiger partial charge is 0.407 e. The normalized spacial score (nSPS) is 12.7. The zero-order valence-corrected chi connectivity index (χ0v) is 26.0. The molecule has 0 saturated carbocycles. The predicted molar refractivity (Wildman–Crippen MR) is 171 cm³/mol. The molecule has 0 fully saturated rings. The highest BCUT2D eigenvalue weighted by atomic mass is 16.5. The van der Waals surface area contributed by atoms with Crippen molar-refractivity contribution in [1.29, 1.82) is 0 Å². The second kappa shape index (κ2) is 16.6. The van der Waals surface area contributed by atoms with Crippen LogP contribution in [0.15, 0.2) is 78.9 Å². The Kier molecular flexibility index (Phi) is 12.1. The van der Waals surface area contributed by atoms with Gasteiger partial charge in [0.25, 0.3) is 5.78 Å². The number of carbonyl (C=O) groups is 8. The molecule has 0 aromatic heterocycles. The SMILES string of the molecule is O=C(C[C@H](NC(=O)OCC1c2ccccc2-c2ccccc21)C(=O)NCC(=O)C(=O)O)N[C@@H](Cc1ccccc1)C(=O)CCC(=O)C(=O)O. The van der Waals surface area contributed by atoms with Crippen LogP contribution in [0.25, 0.3) is 11.1 Å². The fourth-order valence-electron chi connectivity index (χ4n) is 5.41. The molecule has 0 aliphatic heterocycles. The van der Waals surface area contributed by atoms with Crippen molar-refractivity contribution in [2.75, 3.05) is 13.2 Å². The van der Waals surface area contributed by atoms with Gasteiger partial charge in [0, 0.05) is 18.8 Å². The summed E-state index contributed by atoms with van der Waals surface area (Å²) in [5.74, 6) is -8.98.